The summed E-state index contributed by atoms with van der Waals surface area (Å²) in [5, 5.41) is 8.36. The highest BCUT2D eigenvalue weighted by Gasteiger charge is 2.13. The summed E-state index contributed by atoms with van der Waals surface area (Å²) in [6, 6.07) is 1.35. The van der Waals surface area contributed by atoms with Gasteiger partial charge in [-0.3, -0.25) is 14.4 Å². The monoisotopic (exact) mass is 195 g/mol. The minimum atomic E-state index is -1.19. The molecule has 14 heavy (non-hydrogen) atoms. The van der Waals surface area contributed by atoms with Crippen molar-refractivity contribution in [2.24, 2.45) is 0 Å². The second-order valence-corrected chi connectivity index (χ2v) is 2.85. The number of carboxylic acids is 1. The van der Waals surface area contributed by atoms with Crippen LogP contribution in [0.4, 0.5) is 0 Å². The van der Waals surface area contributed by atoms with E-state index in [1.54, 1.807) is 0 Å². The highest BCUT2D eigenvalue weighted by atomic mass is 16.4. The molecule has 1 rings (SSSR count). The quantitative estimate of drug-likeness (QED) is 0.551. The molecule has 2 N–H and O–H groups in total. The molecule has 0 amide bonds. The van der Waals surface area contributed by atoms with Gasteiger partial charge in [0.05, 0.1) is 5.69 Å². The number of rotatable bonds is 4. The Morgan fingerprint density at radius 1 is 1.43 bits per heavy atom. The van der Waals surface area contributed by atoms with Crippen LogP contribution in [-0.4, -0.2) is 27.6 Å². The largest absolute Gasteiger partial charge is 0.481 e. The van der Waals surface area contributed by atoms with Crippen LogP contribution in [-0.2, 0) is 4.79 Å². The van der Waals surface area contributed by atoms with Crippen LogP contribution in [0.5, 0.6) is 0 Å². The number of nitrogens with one attached hydrogen (secondary N) is 1. The van der Waals surface area contributed by atoms with Gasteiger partial charge in [0, 0.05) is 11.8 Å². The van der Waals surface area contributed by atoms with E-state index in [9.17, 15) is 14.4 Å². The predicted molar refractivity (Wildman–Crippen MR) is 47.4 cm³/mol. The lowest BCUT2D eigenvalue weighted by atomic mass is 10.2. The molecule has 0 saturated carbocycles. The molecule has 1 heterocycles. The van der Waals surface area contributed by atoms with Gasteiger partial charge >= 0.3 is 5.97 Å². The lowest BCUT2D eigenvalue weighted by Crippen LogP contribution is -2.07. The minimum Gasteiger partial charge on any atom is -0.481 e. The van der Waals surface area contributed by atoms with E-state index in [-0.39, 0.29) is 11.5 Å². The molecule has 5 nitrogen and oxygen atoms in total. The van der Waals surface area contributed by atoms with Crippen LogP contribution in [0.3, 0.4) is 0 Å². The number of aromatic amines is 1. The minimum absolute atomic E-state index is 0.151. The molecule has 1 aromatic rings. The van der Waals surface area contributed by atoms with E-state index in [1.165, 1.54) is 19.2 Å². The maximum Gasteiger partial charge on any atom is 0.311 e. The van der Waals surface area contributed by atoms with Gasteiger partial charge in [0.1, 0.15) is 6.42 Å². The average molecular weight is 195 g/mol. The van der Waals surface area contributed by atoms with Crippen LogP contribution < -0.4 is 0 Å². The van der Waals surface area contributed by atoms with Crippen molar-refractivity contribution in [2.45, 2.75) is 13.3 Å². The molecule has 0 bridgehead atoms. The summed E-state index contributed by atoms with van der Waals surface area (Å²) >= 11 is 0. The van der Waals surface area contributed by atoms with Crippen LogP contribution >= 0.6 is 0 Å². The first-order chi connectivity index (χ1) is 6.50. The molecule has 0 aliphatic carbocycles. The highest BCUT2D eigenvalue weighted by molar-refractivity contribution is 6.06. The number of Topliss-reactive ketones (excluding diaryl/α,β-unsaturated/α-hetero) is 2. The molecule has 0 spiro atoms. The van der Waals surface area contributed by atoms with Gasteiger partial charge in [-0.15, -0.1) is 0 Å². The molecule has 0 aliphatic rings. The van der Waals surface area contributed by atoms with Crippen molar-refractivity contribution in [3.63, 3.8) is 0 Å². The fourth-order valence-corrected chi connectivity index (χ4v) is 0.991. The van der Waals surface area contributed by atoms with Crippen molar-refractivity contribution in [3.8, 4) is 0 Å². The van der Waals surface area contributed by atoms with Crippen LogP contribution in [0.1, 0.15) is 34.2 Å². The van der Waals surface area contributed by atoms with Crippen molar-refractivity contribution in [1.29, 1.82) is 0 Å². The molecular weight excluding hydrogens is 186 g/mol. The van der Waals surface area contributed by atoms with Gasteiger partial charge in [0.15, 0.2) is 11.6 Å². The summed E-state index contributed by atoms with van der Waals surface area (Å²) in [4.78, 5) is 34.8. The number of hydrogen-bond donors (Lipinski definition) is 2. The summed E-state index contributed by atoms with van der Waals surface area (Å²) in [6.45, 7) is 1.37. The zero-order chi connectivity index (χ0) is 10.7. The van der Waals surface area contributed by atoms with Gasteiger partial charge in [-0.05, 0) is 13.0 Å². The Morgan fingerprint density at radius 2 is 2.07 bits per heavy atom. The third-order valence-electron chi connectivity index (χ3n) is 1.70. The van der Waals surface area contributed by atoms with Crippen LogP contribution in [0, 0.1) is 0 Å². The second-order valence-electron chi connectivity index (χ2n) is 2.85. The van der Waals surface area contributed by atoms with Gasteiger partial charge < -0.3 is 10.1 Å². The Hall–Kier alpha value is -1.91. The van der Waals surface area contributed by atoms with Gasteiger partial charge in [-0.1, -0.05) is 0 Å². The van der Waals surface area contributed by atoms with E-state index in [2.05, 4.69) is 4.98 Å². The molecule has 5 heteroatoms. The molecule has 0 aromatic carbocycles. The average Bonchev–Trinajstić information content (AvgIpc) is 2.50. The lowest BCUT2D eigenvalue weighted by molar-refractivity contribution is -0.135. The first-order valence-electron chi connectivity index (χ1n) is 3.95. The molecule has 74 valence electrons. The van der Waals surface area contributed by atoms with E-state index >= 15 is 0 Å². The van der Waals surface area contributed by atoms with Crippen LogP contribution in [0.15, 0.2) is 12.3 Å². The lowest BCUT2D eigenvalue weighted by Gasteiger charge is -1.91. The first-order valence-corrected chi connectivity index (χ1v) is 3.95. The van der Waals surface area contributed by atoms with Crippen molar-refractivity contribution < 1.29 is 19.5 Å². The Kier molecular flexibility index (Phi) is 2.81. The fraction of sp³-hybridized carbons (Fsp3) is 0.222. The molecule has 0 fully saturated rings. The second kappa shape index (κ2) is 3.87. The number of hydrogen-bond acceptors (Lipinski definition) is 3. The number of carbonyl (C=O) groups excluding carboxylic acids is 2. The summed E-state index contributed by atoms with van der Waals surface area (Å²) in [5.41, 5.74) is 0.524. The van der Waals surface area contributed by atoms with Crippen LogP contribution in [0.2, 0.25) is 0 Å². The topological polar surface area (TPSA) is 87.2 Å². The number of aromatic nitrogens is 1. The molecule has 1 aromatic heterocycles. The summed E-state index contributed by atoms with van der Waals surface area (Å²) in [6.07, 6.45) is 0.815. The third kappa shape index (κ3) is 2.29. The zero-order valence-electron chi connectivity index (χ0n) is 7.53. The molecule has 0 radical (unpaired) electrons. The number of H-pyrrole nitrogens is 1. The normalized spacial score (nSPS) is 9.79. The van der Waals surface area contributed by atoms with Crippen LogP contribution in [0.25, 0.3) is 0 Å². The smallest absolute Gasteiger partial charge is 0.311 e. The molecule has 0 atom stereocenters. The van der Waals surface area contributed by atoms with E-state index in [1.807, 2.05) is 0 Å². The summed E-state index contributed by atoms with van der Waals surface area (Å²) in [7, 11) is 0. The maximum absolute atomic E-state index is 11.2. The Bertz CT molecular complexity index is 391. The van der Waals surface area contributed by atoms with Gasteiger partial charge in [0.25, 0.3) is 0 Å². The zero-order valence-corrected chi connectivity index (χ0v) is 7.53. The molecule has 0 saturated heterocycles. The number of ketones is 2. The molecule has 0 unspecified atom stereocenters. The van der Waals surface area contributed by atoms with Gasteiger partial charge in [-0.25, -0.2) is 0 Å². The predicted octanol–water partition coefficient (Wildman–Crippen LogP) is 0.875. The van der Waals surface area contributed by atoms with E-state index in [0.717, 1.165) is 0 Å². The highest BCUT2D eigenvalue weighted by Crippen LogP contribution is 2.06. The third-order valence-corrected chi connectivity index (χ3v) is 1.70. The SMILES string of the molecule is CC(=O)c1c[nH]c(C(=O)CC(=O)O)c1. The Balaban J connectivity index is 2.81. The van der Waals surface area contributed by atoms with E-state index in [4.69, 9.17) is 5.11 Å². The first kappa shape index (κ1) is 10.2. The van der Waals surface area contributed by atoms with E-state index < -0.39 is 18.2 Å². The van der Waals surface area contributed by atoms with Crippen molar-refractivity contribution >= 4 is 17.5 Å². The fourth-order valence-electron chi connectivity index (χ4n) is 0.991. The Morgan fingerprint density at radius 3 is 2.50 bits per heavy atom. The van der Waals surface area contributed by atoms with Crippen molar-refractivity contribution in [3.05, 3.63) is 23.5 Å². The number of carboxylic acid groups (broad SMARTS) is 1. The van der Waals surface area contributed by atoms with Gasteiger partial charge in [0.2, 0.25) is 0 Å². The summed E-state index contributed by atoms with van der Waals surface area (Å²) < 4.78 is 0. The number of carbonyl (C=O) groups is 3. The van der Waals surface area contributed by atoms with Crippen molar-refractivity contribution in [2.75, 3.05) is 0 Å². The molecule has 0 aliphatic heterocycles. The number of aliphatic carboxylic acids is 1. The Labute approximate surface area is 79.7 Å². The summed E-state index contributed by atoms with van der Waals surface area (Å²) in [5.74, 6) is -1.89. The maximum atomic E-state index is 11.2. The van der Waals surface area contributed by atoms with E-state index in [0.29, 0.717) is 5.56 Å². The molecular formula is C9H9NO4. The van der Waals surface area contributed by atoms with Crippen molar-refractivity contribution in [1.82, 2.24) is 4.98 Å². The standard InChI is InChI=1S/C9H9NO4/c1-5(11)6-2-7(10-4-6)8(12)3-9(13)14/h2,4,10H,3H2,1H3,(H,13,14). The van der Waals surface area contributed by atoms with Gasteiger partial charge in [-0.2, -0.15) is 0 Å².